The molecular weight excluding hydrogens is 214 g/mol. The van der Waals surface area contributed by atoms with E-state index in [4.69, 9.17) is 5.73 Å². The van der Waals surface area contributed by atoms with Gasteiger partial charge in [0.25, 0.3) is 0 Å². The monoisotopic (exact) mass is 219 g/mol. The average molecular weight is 220 g/mol. The highest BCUT2D eigenvalue weighted by molar-refractivity contribution is 9.10. The molecular formula is C5H6BrN3O2. The van der Waals surface area contributed by atoms with Crippen LogP contribution in [-0.2, 0) is 0 Å². The van der Waals surface area contributed by atoms with Gasteiger partial charge in [-0.1, -0.05) is 0 Å². The zero-order valence-electron chi connectivity index (χ0n) is 5.48. The topological polar surface area (TPSA) is 91.7 Å². The molecule has 0 atom stereocenters. The molecule has 1 aromatic heterocycles. The Morgan fingerprint density at radius 1 is 1.55 bits per heavy atom. The van der Waals surface area contributed by atoms with E-state index in [-0.39, 0.29) is 18.0 Å². The van der Waals surface area contributed by atoms with Gasteiger partial charge in [0.15, 0.2) is 5.78 Å². The van der Waals surface area contributed by atoms with Crippen molar-refractivity contribution in [3.63, 3.8) is 0 Å². The van der Waals surface area contributed by atoms with E-state index in [0.717, 1.165) is 0 Å². The normalized spacial score (nSPS) is 10.0. The minimum absolute atomic E-state index is 0.119. The largest absolute Gasteiger partial charge is 0.324 e. The van der Waals surface area contributed by atoms with Crippen LogP contribution in [0.3, 0.4) is 0 Å². The third-order valence-electron chi connectivity index (χ3n) is 1.15. The van der Waals surface area contributed by atoms with Crippen molar-refractivity contribution in [1.29, 1.82) is 0 Å². The predicted octanol–water partition coefficient (Wildman–Crippen LogP) is -0.393. The summed E-state index contributed by atoms with van der Waals surface area (Å²) in [4.78, 5) is 26.2. The first-order valence-electron chi connectivity index (χ1n) is 2.86. The number of hydrogen-bond acceptors (Lipinski definition) is 3. The number of nitrogens with one attached hydrogen (secondary N) is 2. The van der Waals surface area contributed by atoms with E-state index in [0.29, 0.717) is 4.60 Å². The van der Waals surface area contributed by atoms with Crippen molar-refractivity contribution >= 4 is 21.7 Å². The molecule has 0 saturated heterocycles. The first-order valence-corrected chi connectivity index (χ1v) is 3.65. The van der Waals surface area contributed by atoms with Crippen molar-refractivity contribution in [2.45, 2.75) is 0 Å². The van der Waals surface area contributed by atoms with Crippen LogP contribution in [0.2, 0.25) is 0 Å². The summed E-state index contributed by atoms with van der Waals surface area (Å²) in [5, 5.41) is 0. The smallest absolute Gasteiger partial charge is 0.324 e. The van der Waals surface area contributed by atoms with Crippen LogP contribution in [0, 0.1) is 0 Å². The quantitative estimate of drug-likeness (QED) is 0.592. The number of carbonyl (C=O) groups excluding carboxylic acids is 1. The van der Waals surface area contributed by atoms with E-state index >= 15 is 0 Å². The van der Waals surface area contributed by atoms with Crippen molar-refractivity contribution in [1.82, 2.24) is 9.97 Å². The van der Waals surface area contributed by atoms with Gasteiger partial charge in [-0.2, -0.15) is 0 Å². The lowest BCUT2D eigenvalue weighted by Gasteiger charge is -1.90. The zero-order chi connectivity index (χ0) is 8.43. The molecule has 5 nitrogen and oxygen atoms in total. The lowest BCUT2D eigenvalue weighted by molar-refractivity contribution is 0.0996. The SMILES string of the molecule is NCC(=O)c1[nH]c(=O)[nH]c1Br. The minimum atomic E-state index is -0.423. The van der Waals surface area contributed by atoms with Crippen molar-refractivity contribution in [2.24, 2.45) is 5.73 Å². The summed E-state index contributed by atoms with van der Waals surface area (Å²) in [6.45, 7) is -0.119. The third-order valence-corrected chi connectivity index (χ3v) is 1.74. The number of hydrogen-bond donors (Lipinski definition) is 3. The predicted molar refractivity (Wildman–Crippen MR) is 42.5 cm³/mol. The molecule has 6 heteroatoms. The Labute approximate surface area is 70.1 Å². The first kappa shape index (κ1) is 8.22. The third kappa shape index (κ3) is 1.58. The molecule has 4 N–H and O–H groups in total. The van der Waals surface area contributed by atoms with Gasteiger partial charge in [-0.25, -0.2) is 4.79 Å². The Kier molecular flexibility index (Phi) is 2.25. The van der Waals surface area contributed by atoms with Gasteiger partial charge in [-0.05, 0) is 15.9 Å². The molecule has 0 aliphatic carbocycles. The summed E-state index contributed by atoms with van der Waals surface area (Å²) in [7, 11) is 0. The number of imidazole rings is 1. The van der Waals surface area contributed by atoms with Gasteiger partial charge in [0.05, 0.1) is 6.54 Å². The van der Waals surface area contributed by atoms with Crippen LogP contribution in [0.1, 0.15) is 10.5 Å². The van der Waals surface area contributed by atoms with E-state index in [1.807, 2.05) is 0 Å². The lowest BCUT2D eigenvalue weighted by atomic mass is 10.3. The molecule has 0 aromatic carbocycles. The number of aromatic amines is 2. The van der Waals surface area contributed by atoms with Crippen LogP contribution in [0.5, 0.6) is 0 Å². The molecule has 0 unspecified atom stereocenters. The van der Waals surface area contributed by atoms with Crippen molar-refractivity contribution in [3.8, 4) is 0 Å². The van der Waals surface area contributed by atoms with Crippen LogP contribution >= 0.6 is 15.9 Å². The number of nitrogens with two attached hydrogens (primary N) is 1. The molecule has 0 aliphatic rings. The van der Waals surface area contributed by atoms with Crippen LogP contribution in [0.25, 0.3) is 0 Å². The molecule has 60 valence electrons. The Morgan fingerprint density at radius 3 is 2.55 bits per heavy atom. The first-order chi connectivity index (χ1) is 5.15. The van der Waals surface area contributed by atoms with E-state index in [2.05, 4.69) is 25.9 Å². The van der Waals surface area contributed by atoms with Gasteiger partial charge in [0, 0.05) is 0 Å². The highest BCUT2D eigenvalue weighted by Crippen LogP contribution is 2.07. The molecule has 0 bridgehead atoms. The number of H-pyrrole nitrogens is 2. The van der Waals surface area contributed by atoms with Crippen LogP contribution in [0.15, 0.2) is 9.40 Å². The summed E-state index contributed by atoms with van der Waals surface area (Å²) in [5.74, 6) is -0.310. The number of Topliss-reactive ketones (excluding diaryl/α,β-unsaturated/α-hetero) is 1. The molecule has 11 heavy (non-hydrogen) atoms. The Bertz CT molecular complexity index is 327. The van der Waals surface area contributed by atoms with Crippen molar-refractivity contribution < 1.29 is 4.79 Å². The molecule has 0 spiro atoms. The Morgan fingerprint density at radius 2 is 2.18 bits per heavy atom. The molecule has 0 aliphatic heterocycles. The van der Waals surface area contributed by atoms with Gasteiger partial charge in [-0.15, -0.1) is 0 Å². The fourth-order valence-electron chi connectivity index (χ4n) is 0.656. The van der Waals surface area contributed by atoms with Crippen LogP contribution in [0.4, 0.5) is 0 Å². The summed E-state index contributed by atoms with van der Waals surface area (Å²) < 4.78 is 0.345. The maximum absolute atomic E-state index is 10.9. The molecule has 0 radical (unpaired) electrons. The summed E-state index contributed by atoms with van der Waals surface area (Å²) in [6.07, 6.45) is 0. The fraction of sp³-hybridized carbons (Fsp3) is 0.200. The van der Waals surface area contributed by atoms with E-state index in [9.17, 15) is 9.59 Å². The number of carbonyl (C=O) groups is 1. The zero-order valence-corrected chi connectivity index (χ0v) is 7.06. The minimum Gasteiger partial charge on any atom is -0.324 e. The van der Waals surface area contributed by atoms with Crippen LogP contribution in [-0.4, -0.2) is 22.3 Å². The highest BCUT2D eigenvalue weighted by Gasteiger charge is 2.10. The molecule has 1 rings (SSSR count). The molecule has 1 aromatic rings. The Balaban J connectivity index is 3.13. The maximum Gasteiger partial charge on any atom is 0.324 e. The second-order valence-electron chi connectivity index (χ2n) is 1.90. The number of aromatic nitrogens is 2. The highest BCUT2D eigenvalue weighted by atomic mass is 79.9. The summed E-state index contributed by atoms with van der Waals surface area (Å²) >= 11 is 3.00. The van der Waals surface area contributed by atoms with Gasteiger partial charge in [0.2, 0.25) is 0 Å². The van der Waals surface area contributed by atoms with Crippen molar-refractivity contribution in [3.05, 3.63) is 20.8 Å². The molecule has 0 amide bonds. The van der Waals surface area contributed by atoms with E-state index < -0.39 is 5.69 Å². The number of halogens is 1. The van der Waals surface area contributed by atoms with Gasteiger partial charge >= 0.3 is 5.69 Å². The second-order valence-corrected chi connectivity index (χ2v) is 2.69. The molecule has 0 fully saturated rings. The number of ketones is 1. The standard InChI is InChI=1S/C5H6BrN3O2/c6-4-3(2(10)1-7)8-5(11)9-4/h1,7H2,(H2,8,9,11). The second kappa shape index (κ2) is 3.02. The summed E-state index contributed by atoms with van der Waals surface area (Å²) in [6, 6.07) is 0. The van der Waals surface area contributed by atoms with Gasteiger partial charge in [-0.3, -0.25) is 9.78 Å². The lowest BCUT2D eigenvalue weighted by Crippen LogP contribution is -2.15. The Hall–Kier alpha value is -0.880. The van der Waals surface area contributed by atoms with Crippen LogP contribution < -0.4 is 11.4 Å². The maximum atomic E-state index is 10.9. The van der Waals surface area contributed by atoms with Gasteiger partial charge in [0.1, 0.15) is 10.3 Å². The fourth-order valence-corrected chi connectivity index (χ4v) is 1.16. The van der Waals surface area contributed by atoms with E-state index in [1.165, 1.54) is 0 Å². The average Bonchev–Trinajstić information content (AvgIpc) is 2.28. The number of rotatable bonds is 2. The van der Waals surface area contributed by atoms with Gasteiger partial charge < -0.3 is 10.7 Å². The summed E-state index contributed by atoms with van der Waals surface area (Å²) in [5.41, 5.74) is 4.85. The van der Waals surface area contributed by atoms with E-state index in [1.54, 1.807) is 0 Å². The van der Waals surface area contributed by atoms with Crippen molar-refractivity contribution in [2.75, 3.05) is 6.54 Å². The molecule has 0 saturated carbocycles. The molecule has 1 heterocycles.